The van der Waals surface area contributed by atoms with Crippen molar-refractivity contribution in [3.8, 4) is 5.75 Å². The Morgan fingerprint density at radius 3 is 2.81 bits per heavy atom. The molecule has 6 nitrogen and oxygen atoms in total. The number of nitrogens with one attached hydrogen (secondary N) is 1. The molecule has 1 aliphatic rings. The van der Waals surface area contributed by atoms with Gasteiger partial charge in [0.1, 0.15) is 5.75 Å². The zero-order chi connectivity index (χ0) is 18.5. The Balaban J connectivity index is 1.55. The molecule has 1 amide bonds. The van der Waals surface area contributed by atoms with Crippen LogP contribution in [0.5, 0.6) is 5.75 Å². The number of carbonyl (C=O) groups is 1. The third-order valence-electron chi connectivity index (χ3n) is 4.63. The lowest BCUT2D eigenvalue weighted by atomic mass is 10.1. The summed E-state index contributed by atoms with van der Waals surface area (Å²) in [6.07, 6.45) is 2.00. The number of benzene rings is 1. The van der Waals surface area contributed by atoms with E-state index < -0.39 is 0 Å². The number of fused-ring (bicyclic) bond motifs is 1. The molecule has 0 bridgehead atoms. The summed E-state index contributed by atoms with van der Waals surface area (Å²) < 4.78 is 12.8. The van der Waals surface area contributed by atoms with Crippen LogP contribution in [0.15, 0.2) is 24.3 Å². The predicted octanol–water partition coefficient (Wildman–Crippen LogP) is 2.45. The van der Waals surface area contributed by atoms with Crippen molar-refractivity contribution in [2.75, 3.05) is 20.3 Å². The first-order valence-corrected chi connectivity index (χ1v) is 9.15. The van der Waals surface area contributed by atoms with E-state index in [1.807, 2.05) is 24.3 Å². The van der Waals surface area contributed by atoms with Crippen LogP contribution in [0.4, 0.5) is 0 Å². The minimum absolute atomic E-state index is 0.0172. The van der Waals surface area contributed by atoms with Crippen LogP contribution in [-0.2, 0) is 35.4 Å². The van der Waals surface area contributed by atoms with Crippen LogP contribution in [-0.4, -0.2) is 35.9 Å². The normalized spacial score (nSPS) is 13.5. The highest BCUT2D eigenvalue weighted by atomic mass is 16.5. The number of carbonyl (C=O) groups excluding carboxylic acids is 1. The molecule has 2 aromatic rings. The average Bonchev–Trinajstić information content (AvgIpc) is 3.02. The molecular weight excluding hydrogens is 330 g/mol. The van der Waals surface area contributed by atoms with Gasteiger partial charge < -0.3 is 14.8 Å². The van der Waals surface area contributed by atoms with E-state index in [4.69, 9.17) is 14.6 Å². The van der Waals surface area contributed by atoms with E-state index in [9.17, 15) is 4.79 Å². The van der Waals surface area contributed by atoms with Crippen LogP contribution in [0.3, 0.4) is 0 Å². The SMILES string of the molecule is COc1ccc(CC(=O)NCCc2nn(C(C)C)c3c2COCC3)cc1. The number of aromatic nitrogens is 2. The van der Waals surface area contributed by atoms with Crippen molar-refractivity contribution in [3.63, 3.8) is 0 Å². The van der Waals surface area contributed by atoms with Gasteiger partial charge in [0.25, 0.3) is 0 Å². The van der Waals surface area contributed by atoms with Gasteiger partial charge in [-0.05, 0) is 31.5 Å². The molecule has 0 aliphatic carbocycles. The van der Waals surface area contributed by atoms with Gasteiger partial charge in [0.2, 0.25) is 5.91 Å². The topological polar surface area (TPSA) is 65.4 Å². The fraction of sp³-hybridized carbons (Fsp3) is 0.500. The van der Waals surface area contributed by atoms with Gasteiger partial charge in [-0.25, -0.2) is 0 Å². The Bertz CT molecular complexity index is 750. The number of hydrogen-bond donors (Lipinski definition) is 1. The van der Waals surface area contributed by atoms with E-state index >= 15 is 0 Å². The third kappa shape index (κ3) is 4.25. The molecule has 0 atom stereocenters. The Labute approximate surface area is 154 Å². The van der Waals surface area contributed by atoms with Crippen LogP contribution in [0, 0.1) is 0 Å². The highest BCUT2D eigenvalue weighted by Crippen LogP contribution is 2.23. The van der Waals surface area contributed by atoms with Gasteiger partial charge in [0, 0.05) is 36.7 Å². The monoisotopic (exact) mass is 357 g/mol. The summed E-state index contributed by atoms with van der Waals surface area (Å²) in [5.74, 6) is 0.811. The van der Waals surface area contributed by atoms with E-state index in [1.54, 1.807) is 7.11 Å². The van der Waals surface area contributed by atoms with E-state index in [0.29, 0.717) is 25.6 Å². The molecular formula is C20H27N3O3. The predicted molar refractivity (Wildman–Crippen MR) is 99.4 cm³/mol. The highest BCUT2D eigenvalue weighted by molar-refractivity contribution is 5.78. The van der Waals surface area contributed by atoms with Crippen LogP contribution < -0.4 is 10.1 Å². The lowest BCUT2D eigenvalue weighted by Crippen LogP contribution is -2.27. The summed E-state index contributed by atoms with van der Waals surface area (Å²) in [5.41, 5.74) is 4.50. The first kappa shape index (κ1) is 18.5. The van der Waals surface area contributed by atoms with Crippen LogP contribution in [0.2, 0.25) is 0 Å². The quantitative estimate of drug-likeness (QED) is 0.827. The van der Waals surface area contributed by atoms with Gasteiger partial charge in [-0.15, -0.1) is 0 Å². The van der Waals surface area contributed by atoms with E-state index in [-0.39, 0.29) is 5.91 Å². The van der Waals surface area contributed by atoms with E-state index in [1.165, 1.54) is 11.3 Å². The van der Waals surface area contributed by atoms with E-state index in [0.717, 1.165) is 36.5 Å². The fourth-order valence-electron chi connectivity index (χ4n) is 3.27. The molecule has 0 saturated carbocycles. The minimum Gasteiger partial charge on any atom is -0.497 e. The number of amides is 1. The number of ether oxygens (including phenoxy) is 2. The first-order chi connectivity index (χ1) is 12.6. The Kier molecular flexibility index (Phi) is 5.93. The molecule has 0 saturated heterocycles. The van der Waals surface area contributed by atoms with Crippen LogP contribution in [0.25, 0.3) is 0 Å². The Hall–Kier alpha value is -2.34. The first-order valence-electron chi connectivity index (χ1n) is 9.15. The summed E-state index contributed by atoms with van der Waals surface area (Å²) in [4.78, 5) is 12.2. The van der Waals surface area contributed by atoms with Gasteiger partial charge in [0.15, 0.2) is 0 Å². The molecule has 1 aromatic carbocycles. The molecule has 0 radical (unpaired) electrons. The highest BCUT2D eigenvalue weighted by Gasteiger charge is 2.22. The smallest absolute Gasteiger partial charge is 0.224 e. The van der Waals surface area contributed by atoms with Gasteiger partial charge >= 0.3 is 0 Å². The summed E-state index contributed by atoms with van der Waals surface area (Å²) >= 11 is 0. The second kappa shape index (κ2) is 8.36. The van der Waals surface area contributed by atoms with Crippen molar-refractivity contribution in [1.29, 1.82) is 0 Å². The fourth-order valence-corrected chi connectivity index (χ4v) is 3.27. The summed E-state index contributed by atoms with van der Waals surface area (Å²) in [6.45, 7) is 6.24. The molecule has 1 N–H and O–H groups in total. The second-order valence-electron chi connectivity index (χ2n) is 6.84. The maximum absolute atomic E-state index is 12.2. The molecule has 1 aromatic heterocycles. The minimum atomic E-state index is 0.0172. The molecule has 0 fully saturated rings. The van der Waals surface area contributed by atoms with Gasteiger partial charge in [-0.3, -0.25) is 9.48 Å². The van der Waals surface area contributed by atoms with Crippen LogP contribution >= 0.6 is 0 Å². The lowest BCUT2D eigenvalue weighted by molar-refractivity contribution is -0.120. The van der Waals surface area contributed by atoms with Crippen molar-refractivity contribution < 1.29 is 14.3 Å². The number of hydrogen-bond acceptors (Lipinski definition) is 4. The third-order valence-corrected chi connectivity index (χ3v) is 4.63. The maximum atomic E-state index is 12.2. The zero-order valence-electron chi connectivity index (χ0n) is 15.7. The van der Waals surface area contributed by atoms with E-state index in [2.05, 4.69) is 23.8 Å². The van der Waals surface area contributed by atoms with Crippen molar-refractivity contribution in [2.45, 2.75) is 45.8 Å². The van der Waals surface area contributed by atoms with Crippen molar-refractivity contribution in [3.05, 3.63) is 46.8 Å². The number of methoxy groups -OCH3 is 1. The standard InChI is InChI=1S/C20H27N3O3/c1-14(2)23-19-9-11-26-13-17(19)18(22-23)8-10-21-20(24)12-15-4-6-16(25-3)7-5-15/h4-7,14H,8-13H2,1-3H3,(H,21,24). The summed E-state index contributed by atoms with van der Waals surface area (Å²) in [7, 11) is 1.63. The Morgan fingerprint density at radius 2 is 2.12 bits per heavy atom. The lowest BCUT2D eigenvalue weighted by Gasteiger charge is -2.16. The molecule has 6 heteroatoms. The summed E-state index contributed by atoms with van der Waals surface area (Å²) in [6, 6.07) is 7.90. The average molecular weight is 357 g/mol. The van der Waals surface area contributed by atoms with Crippen LogP contribution in [0.1, 0.15) is 42.4 Å². The molecule has 1 aliphatic heterocycles. The van der Waals surface area contributed by atoms with Crippen molar-refractivity contribution in [1.82, 2.24) is 15.1 Å². The number of rotatable bonds is 7. The summed E-state index contributed by atoms with van der Waals surface area (Å²) in [5, 5.41) is 7.76. The van der Waals surface area contributed by atoms with Crippen molar-refractivity contribution in [2.24, 2.45) is 0 Å². The van der Waals surface area contributed by atoms with Gasteiger partial charge in [-0.1, -0.05) is 12.1 Å². The Morgan fingerprint density at radius 1 is 1.35 bits per heavy atom. The maximum Gasteiger partial charge on any atom is 0.224 e. The molecule has 140 valence electrons. The molecule has 0 unspecified atom stereocenters. The van der Waals surface area contributed by atoms with Crippen molar-refractivity contribution >= 4 is 5.91 Å². The molecule has 2 heterocycles. The second-order valence-corrected chi connectivity index (χ2v) is 6.84. The largest absolute Gasteiger partial charge is 0.497 e. The van der Waals surface area contributed by atoms with Gasteiger partial charge in [0.05, 0.1) is 32.4 Å². The molecule has 0 spiro atoms. The molecule has 3 rings (SSSR count). The molecule has 26 heavy (non-hydrogen) atoms. The number of nitrogens with zero attached hydrogens (tertiary/aromatic N) is 2. The van der Waals surface area contributed by atoms with Gasteiger partial charge in [-0.2, -0.15) is 5.10 Å². The zero-order valence-corrected chi connectivity index (χ0v) is 15.7.